The number of aryl methyl sites for hydroxylation is 2. The summed E-state index contributed by atoms with van der Waals surface area (Å²) in [6.45, 7) is 6.37. The number of sulfonamides is 1. The van der Waals surface area contributed by atoms with E-state index in [-0.39, 0.29) is 22.3 Å². The van der Waals surface area contributed by atoms with E-state index in [1.807, 2.05) is 0 Å². The average Bonchev–Trinajstić information content (AvgIpc) is 3.13. The quantitative estimate of drug-likeness (QED) is 0.597. The molecule has 0 aliphatic rings. The summed E-state index contributed by atoms with van der Waals surface area (Å²) in [6.07, 6.45) is -3.80. The van der Waals surface area contributed by atoms with Crippen molar-refractivity contribution in [2.45, 2.75) is 39.9 Å². The standard InChI is InChI=1S/C19H22F3N5O3S/c1-10(2)26-15-8-7-13(9-14(15)23-18(26)19(20,21)22)17(28)27(31(6,29)30)16-11(3)24-25(5)12(16)4/h7-10H,1-6H3. The van der Waals surface area contributed by atoms with Gasteiger partial charge in [-0.05, 0) is 45.9 Å². The highest BCUT2D eigenvalue weighted by Crippen LogP contribution is 2.34. The number of halogens is 3. The van der Waals surface area contributed by atoms with E-state index < -0.39 is 34.0 Å². The maximum atomic E-state index is 13.5. The molecule has 0 N–H and O–H groups in total. The van der Waals surface area contributed by atoms with Gasteiger partial charge >= 0.3 is 6.18 Å². The highest BCUT2D eigenvalue weighted by molar-refractivity contribution is 7.92. The Bertz CT molecular complexity index is 1290. The van der Waals surface area contributed by atoms with E-state index in [9.17, 15) is 26.4 Å². The molecule has 3 rings (SSSR count). The zero-order valence-electron chi connectivity index (χ0n) is 17.8. The molecule has 12 heteroatoms. The van der Waals surface area contributed by atoms with Gasteiger partial charge in [0.25, 0.3) is 5.91 Å². The molecule has 0 unspecified atom stereocenters. The normalized spacial score (nSPS) is 12.7. The molecule has 0 aliphatic carbocycles. The van der Waals surface area contributed by atoms with Crippen LogP contribution >= 0.6 is 0 Å². The van der Waals surface area contributed by atoms with Gasteiger partial charge in [-0.2, -0.15) is 22.6 Å². The van der Waals surface area contributed by atoms with Crippen molar-refractivity contribution in [3.63, 3.8) is 0 Å². The Kier molecular flexibility index (Phi) is 5.41. The van der Waals surface area contributed by atoms with Crippen molar-refractivity contribution in [2.24, 2.45) is 7.05 Å². The Labute approximate surface area is 177 Å². The number of hydrogen-bond acceptors (Lipinski definition) is 5. The summed E-state index contributed by atoms with van der Waals surface area (Å²) in [5, 5.41) is 4.15. The van der Waals surface area contributed by atoms with Crippen LogP contribution in [0.5, 0.6) is 0 Å². The largest absolute Gasteiger partial charge is 0.449 e. The second kappa shape index (κ2) is 7.36. The first-order chi connectivity index (χ1) is 14.1. The molecule has 3 aromatic rings. The lowest BCUT2D eigenvalue weighted by atomic mass is 10.1. The Balaban J connectivity index is 2.21. The number of alkyl halides is 3. The summed E-state index contributed by atoms with van der Waals surface area (Å²) >= 11 is 0. The minimum absolute atomic E-state index is 0.0556. The maximum Gasteiger partial charge on any atom is 0.449 e. The molecule has 8 nitrogen and oxygen atoms in total. The van der Waals surface area contributed by atoms with Crippen LogP contribution in [0.1, 0.15) is 47.5 Å². The topological polar surface area (TPSA) is 90.1 Å². The Morgan fingerprint density at radius 2 is 1.81 bits per heavy atom. The molecular weight excluding hydrogens is 435 g/mol. The van der Waals surface area contributed by atoms with Crippen molar-refractivity contribution >= 4 is 32.7 Å². The van der Waals surface area contributed by atoms with Crippen molar-refractivity contribution in [1.82, 2.24) is 19.3 Å². The summed E-state index contributed by atoms with van der Waals surface area (Å²) in [5.74, 6) is -1.99. The third kappa shape index (κ3) is 3.91. The Morgan fingerprint density at radius 3 is 2.26 bits per heavy atom. The van der Waals surface area contributed by atoms with E-state index in [1.54, 1.807) is 34.7 Å². The summed E-state index contributed by atoms with van der Waals surface area (Å²) in [5.41, 5.74) is 0.907. The third-order valence-corrected chi connectivity index (χ3v) is 5.91. The third-order valence-electron chi connectivity index (χ3n) is 4.90. The van der Waals surface area contributed by atoms with Gasteiger partial charge in [-0.3, -0.25) is 9.48 Å². The van der Waals surface area contributed by atoms with Crippen molar-refractivity contribution < 1.29 is 26.4 Å². The predicted molar refractivity (Wildman–Crippen MR) is 109 cm³/mol. The first-order valence-corrected chi connectivity index (χ1v) is 11.1. The van der Waals surface area contributed by atoms with Crippen LogP contribution in [0.15, 0.2) is 18.2 Å². The fourth-order valence-electron chi connectivity index (χ4n) is 3.55. The van der Waals surface area contributed by atoms with Gasteiger partial charge in [-0.1, -0.05) is 0 Å². The molecule has 2 aromatic heterocycles. The maximum absolute atomic E-state index is 13.5. The molecule has 0 radical (unpaired) electrons. The SMILES string of the molecule is Cc1nn(C)c(C)c1N(C(=O)c1ccc2c(c1)nc(C(F)(F)F)n2C(C)C)S(C)(=O)=O. The zero-order chi connectivity index (χ0) is 23.5. The Hall–Kier alpha value is -2.89. The van der Waals surface area contributed by atoms with Crippen molar-refractivity contribution in [3.05, 3.63) is 41.0 Å². The Morgan fingerprint density at radius 1 is 1.19 bits per heavy atom. The molecule has 0 bridgehead atoms. The smallest absolute Gasteiger partial charge is 0.318 e. The van der Waals surface area contributed by atoms with E-state index in [4.69, 9.17) is 0 Å². The molecule has 0 atom stereocenters. The van der Waals surface area contributed by atoms with E-state index in [2.05, 4.69) is 10.1 Å². The molecular formula is C19H22F3N5O3S. The molecule has 2 heterocycles. The number of hydrogen-bond donors (Lipinski definition) is 0. The molecule has 0 fully saturated rings. The van der Waals surface area contributed by atoms with E-state index >= 15 is 0 Å². The van der Waals surface area contributed by atoms with Crippen LogP contribution in [0.2, 0.25) is 0 Å². The van der Waals surface area contributed by atoms with Gasteiger partial charge < -0.3 is 4.57 Å². The van der Waals surface area contributed by atoms with E-state index in [0.29, 0.717) is 15.7 Å². The second-order valence-electron chi connectivity index (χ2n) is 7.58. The number of benzene rings is 1. The van der Waals surface area contributed by atoms with Crippen LogP contribution in [0, 0.1) is 13.8 Å². The van der Waals surface area contributed by atoms with Crippen LogP contribution in [0.4, 0.5) is 18.9 Å². The molecule has 1 amide bonds. The number of carbonyl (C=O) groups is 1. The van der Waals surface area contributed by atoms with Crippen molar-refractivity contribution in [1.29, 1.82) is 0 Å². The number of carbonyl (C=O) groups excluding carboxylic acids is 1. The first-order valence-electron chi connectivity index (χ1n) is 9.28. The predicted octanol–water partition coefficient (Wildman–Crippen LogP) is 3.59. The van der Waals surface area contributed by atoms with Crippen LogP contribution in [0.25, 0.3) is 11.0 Å². The number of anilines is 1. The molecule has 31 heavy (non-hydrogen) atoms. The number of fused-ring (bicyclic) bond motifs is 1. The van der Waals surface area contributed by atoms with Gasteiger partial charge in [0.15, 0.2) is 0 Å². The van der Waals surface area contributed by atoms with Gasteiger partial charge in [0.2, 0.25) is 15.8 Å². The molecule has 0 saturated heterocycles. The highest BCUT2D eigenvalue weighted by Gasteiger charge is 2.38. The fourth-order valence-corrected chi connectivity index (χ4v) is 4.55. The second-order valence-corrected chi connectivity index (χ2v) is 9.41. The monoisotopic (exact) mass is 457 g/mol. The molecule has 1 aromatic carbocycles. The number of amides is 1. The number of imidazole rings is 1. The average molecular weight is 457 g/mol. The lowest BCUT2D eigenvalue weighted by Gasteiger charge is -2.21. The minimum Gasteiger partial charge on any atom is -0.318 e. The summed E-state index contributed by atoms with van der Waals surface area (Å²) < 4.78 is 68.5. The highest BCUT2D eigenvalue weighted by atomic mass is 32.2. The van der Waals surface area contributed by atoms with Crippen LogP contribution < -0.4 is 4.31 Å². The number of aromatic nitrogens is 4. The van der Waals surface area contributed by atoms with E-state index in [0.717, 1.165) is 10.8 Å². The molecule has 0 spiro atoms. The molecule has 0 aliphatic heterocycles. The van der Waals surface area contributed by atoms with E-state index in [1.165, 1.54) is 22.9 Å². The van der Waals surface area contributed by atoms with Gasteiger partial charge in [-0.15, -0.1) is 0 Å². The molecule has 0 saturated carbocycles. The van der Waals surface area contributed by atoms with Crippen LogP contribution in [0.3, 0.4) is 0 Å². The first kappa shape index (κ1) is 22.8. The van der Waals surface area contributed by atoms with Crippen molar-refractivity contribution in [2.75, 3.05) is 10.6 Å². The fraction of sp³-hybridized carbons (Fsp3) is 0.421. The van der Waals surface area contributed by atoms with Gasteiger partial charge in [-0.25, -0.2) is 13.4 Å². The van der Waals surface area contributed by atoms with Crippen LogP contribution in [-0.4, -0.2) is 39.9 Å². The summed E-state index contributed by atoms with van der Waals surface area (Å²) in [6, 6.07) is 3.28. The number of rotatable bonds is 4. The zero-order valence-corrected chi connectivity index (χ0v) is 18.6. The van der Waals surface area contributed by atoms with Gasteiger partial charge in [0.1, 0.15) is 5.69 Å². The lowest BCUT2D eigenvalue weighted by Crippen LogP contribution is -2.37. The number of nitrogens with zero attached hydrogens (tertiary/aromatic N) is 5. The minimum atomic E-state index is -4.68. The van der Waals surface area contributed by atoms with Crippen molar-refractivity contribution in [3.8, 4) is 0 Å². The van der Waals surface area contributed by atoms with Crippen LogP contribution in [-0.2, 0) is 23.2 Å². The molecule has 168 valence electrons. The van der Waals surface area contributed by atoms with Gasteiger partial charge in [0, 0.05) is 18.7 Å². The summed E-state index contributed by atoms with van der Waals surface area (Å²) in [7, 11) is -2.45. The summed E-state index contributed by atoms with van der Waals surface area (Å²) in [4.78, 5) is 16.9. The lowest BCUT2D eigenvalue weighted by molar-refractivity contribution is -0.147. The van der Waals surface area contributed by atoms with Gasteiger partial charge in [0.05, 0.1) is 28.7 Å².